The van der Waals surface area contributed by atoms with Crippen LogP contribution in [0.4, 0.5) is 0 Å². The number of aromatic amines is 1. The second kappa shape index (κ2) is 4.91. The Morgan fingerprint density at radius 3 is 2.86 bits per heavy atom. The van der Waals surface area contributed by atoms with Gasteiger partial charge in [0.2, 0.25) is 0 Å². The second-order valence-electron chi connectivity index (χ2n) is 3.81. The number of nitrogens with zero attached hydrogens (tertiary/aromatic N) is 1. The summed E-state index contributed by atoms with van der Waals surface area (Å²) < 4.78 is 0. The third-order valence-electron chi connectivity index (χ3n) is 1.80. The molecule has 2 N–H and O–H groups in total. The smallest absolute Gasteiger partial charge is 0.251 e. The summed E-state index contributed by atoms with van der Waals surface area (Å²) in [5, 5.41) is 2.98. The van der Waals surface area contributed by atoms with Gasteiger partial charge in [-0.1, -0.05) is 13.8 Å². The highest BCUT2D eigenvalue weighted by atomic mass is 16.1. The number of hydrogen-bond acceptors (Lipinski definition) is 3. The van der Waals surface area contributed by atoms with E-state index >= 15 is 0 Å². The molecule has 0 saturated carbocycles. The average Bonchev–Trinajstić information content (AvgIpc) is 2.01. The van der Waals surface area contributed by atoms with Gasteiger partial charge in [0, 0.05) is 19.0 Å². The Hall–Kier alpha value is -1.16. The summed E-state index contributed by atoms with van der Waals surface area (Å²) in [6.07, 6.45) is 0.812. The number of aromatic nitrogens is 2. The van der Waals surface area contributed by atoms with Gasteiger partial charge >= 0.3 is 0 Å². The van der Waals surface area contributed by atoms with Crippen molar-refractivity contribution in [3.8, 4) is 0 Å². The first kappa shape index (κ1) is 10.9. The minimum absolute atomic E-state index is 0.0686. The van der Waals surface area contributed by atoms with Crippen molar-refractivity contribution in [2.45, 2.75) is 26.8 Å². The molecule has 0 fully saturated rings. The monoisotopic (exact) mass is 195 g/mol. The molecule has 0 aliphatic heterocycles. The van der Waals surface area contributed by atoms with Gasteiger partial charge in [-0.3, -0.25) is 4.79 Å². The molecule has 0 aliphatic rings. The SMILES string of the molecule is CNCc1cc(=O)[nH]c(CC(C)C)n1. The standard InChI is InChI=1S/C10H17N3O/c1-7(2)4-9-12-8(6-11-3)5-10(14)13-9/h5,7,11H,4,6H2,1-3H3,(H,12,13,14). The molecule has 0 radical (unpaired) electrons. The van der Waals surface area contributed by atoms with Gasteiger partial charge in [-0.15, -0.1) is 0 Å². The van der Waals surface area contributed by atoms with E-state index in [-0.39, 0.29) is 5.56 Å². The third kappa shape index (κ3) is 3.30. The highest BCUT2D eigenvalue weighted by molar-refractivity contribution is 5.02. The van der Waals surface area contributed by atoms with Crippen LogP contribution in [0, 0.1) is 5.92 Å². The van der Waals surface area contributed by atoms with Crippen LogP contribution < -0.4 is 10.9 Å². The Bertz CT molecular complexity index is 343. The van der Waals surface area contributed by atoms with Crippen molar-refractivity contribution in [1.82, 2.24) is 15.3 Å². The van der Waals surface area contributed by atoms with Crippen molar-refractivity contribution >= 4 is 0 Å². The molecule has 4 heteroatoms. The zero-order valence-electron chi connectivity index (χ0n) is 8.92. The van der Waals surface area contributed by atoms with E-state index in [1.807, 2.05) is 7.05 Å². The van der Waals surface area contributed by atoms with E-state index in [4.69, 9.17) is 0 Å². The molecule has 14 heavy (non-hydrogen) atoms. The van der Waals surface area contributed by atoms with Gasteiger partial charge < -0.3 is 10.3 Å². The predicted octanol–water partition coefficient (Wildman–Crippen LogP) is 0.688. The summed E-state index contributed by atoms with van der Waals surface area (Å²) in [5.74, 6) is 1.28. The number of hydrogen-bond donors (Lipinski definition) is 2. The fourth-order valence-corrected chi connectivity index (χ4v) is 1.32. The summed E-state index contributed by atoms with van der Waals surface area (Å²) >= 11 is 0. The highest BCUT2D eigenvalue weighted by Crippen LogP contribution is 2.01. The average molecular weight is 195 g/mol. The minimum atomic E-state index is -0.0686. The zero-order chi connectivity index (χ0) is 10.6. The van der Waals surface area contributed by atoms with Gasteiger partial charge in [0.15, 0.2) is 0 Å². The van der Waals surface area contributed by atoms with Crippen LogP contribution in [0.2, 0.25) is 0 Å². The lowest BCUT2D eigenvalue weighted by Crippen LogP contribution is -2.17. The van der Waals surface area contributed by atoms with Crippen LogP contribution in [-0.2, 0) is 13.0 Å². The summed E-state index contributed by atoms with van der Waals surface area (Å²) in [4.78, 5) is 18.3. The van der Waals surface area contributed by atoms with Crippen LogP contribution in [0.15, 0.2) is 10.9 Å². The fraction of sp³-hybridized carbons (Fsp3) is 0.600. The van der Waals surface area contributed by atoms with Crippen LogP contribution >= 0.6 is 0 Å². The molecule has 0 spiro atoms. The van der Waals surface area contributed by atoms with Gasteiger partial charge in [0.05, 0.1) is 5.69 Å². The van der Waals surface area contributed by atoms with Gasteiger partial charge in [0.25, 0.3) is 5.56 Å². The topological polar surface area (TPSA) is 57.8 Å². The molecule has 0 bridgehead atoms. The van der Waals surface area contributed by atoms with E-state index in [0.717, 1.165) is 17.9 Å². The molecule has 0 unspecified atom stereocenters. The molecule has 1 aromatic heterocycles. The Morgan fingerprint density at radius 1 is 1.57 bits per heavy atom. The Labute approximate surface area is 83.8 Å². The zero-order valence-corrected chi connectivity index (χ0v) is 8.92. The van der Waals surface area contributed by atoms with Gasteiger partial charge in [-0.2, -0.15) is 0 Å². The van der Waals surface area contributed by atoms with Gasteiger partial charge in [-0.05, 0) is 13.0 Å². The molecule has 0 saturated heterocycles. The van der Waals surface area contributed by atoms with E-state index in [9.17, 15) is 4.79 Å². The quantitative estimate of drug-likeness (QED) is 0.743. The Balaban J connectivity index is 2.89. The molecular weight excluding hydrogens is 178 g/mol. The summed E-state index contributed by atoms with van der Waals surface area (Å²) in [7, 11) is 1.84. The number of nitrogens with one attached hydrogen (secondary N) is 2. The lowest BCUT2D eigenvalue weighted by atomic mass is 10.1. The number of rotatable bonds is 4. The lowest BCUT2D eigenvalue weighted by Gasteiger charge is -2.05. The maximum absolute atomic E-state index is 11.2. The maximum atomic E-state index is 11.2. The number of H-pyrrole nitrogens is 1. The molecular formula is C10H17N3O. The predicted molar refractivity (Wildman–Crippen MR) is 56.2 cm³/mol. The van der Waals surface area contributed by atoms with E-state index in [0.29, 0.717) is 12.5 Å². The molecule has 1 rings (SSSR count). The molecule has 78 valence electrons. The van der Waals surface area contributed by atoms with Crippen molar-refractivity contribution in [1.29, 1.82) is 0 Å². The normalized spacial score (nSPS) is 10.9. The minimum Gasteiger partial charge on any atom is -0.314 e. The van der Waals surface area contributed by atoms with Gasteiger partial charge in [0.1, 0.15) is 5.82 Å². The second-order valence-corrected chi connectivity index (χ2v) is 3.81. The molecule has 0 atom stereocenters. The first-order chi connectivity index (χ1) is 6.61. The van der Waals surface area contributed by atoms with Crippen LogP contribution in [0.25, 0.3) is 0 Å². The van der Waals surface area contributed by atoms with Crippen molar-refractivity contribution in [3.05, 3.63) is 27.9 Å². The van der Waals surface area contributed by atoms with Crippen LogP contribution in [0.3, 0.4) is 0 Å². The third-order valence-corrected chi connectivity index (χ3v) is 1.80. The Morgan fingerprint density at radius 2 is 2.29 bits per heavy atom. The van der Waals surface area contributed by atoms with Crippen LogP contribution in [0.5, 0.6) is 0 Å². The van der Waals surface area contributed by atoms with E-state index < -0.39 is 0 Å². The summed E-state index contributed by atoms with van der Waals surface area (Å²) in [6, 6.07) is 1.53. The van der Waals surface area contributed by atoms with E-state index in [1.165, 1.54) is 6.07 Å². The Kier molecular flexibility index (Phi) is 3.83. The van der Waals surface area contributed by atoms with Crippen molar-refractivity contribution in [2.24, 2.45) is 5.92 Å². The maximum Gasteiger partial charge on any atom is 0.251 e. The summed E-state index contributed by atoms with van der Waals surface area (Å²) in [6.45, 7) is 4.84. The molecule has 1 heterocycles. The highest BCUT2D eigenvalue weighted by Gasteiger charge is 2.02. The van der Waals surface area contributed by atoms with E-state index in [1.54, 1.807) is 0 Å². The van der Waals surface area contributed by atoms with Crippen LogP contribution in [0.1, 0.15) is 25.4 Å². The first-order valence-corrected chi connectivity index (χ1v) is 4.85. The largest absolute Gasteiger partial charge is 0.314 e. The fourth-order valence-electron chi connectivity index (χ4n) is 1.32. The molecule has 0 aromatic carbocycles. The van der Waals surface area contributed by atoms with Crippen molar-refractivity contribution in [3.63, 3.8) is 0 Å². The molecule has 0 aliphatic carbocycles. The molecule has 1 aromatic rings. The van der Waals surface area contributed by atoms with Crippen LogP contribution in [-0.4, -0.2) is 17.0 Å². The lowest BCUT2D eigenvalue weighted by molar-refractivity contribution is 0.612. The van der Waals surface area contributed by atoms with E-state index in [2.05, 4.69) is 29.1 Å². The molecule has 0 amide bonds. The first-order valence-electron chi connectivity index (χ1n) is 4.85. The van der Waals surface area contributed by atoms with Gasteiger partial charge in [-0.25, -0.2) is 4.98 Å². The van der Waals surface area contributed by atoms with Crippen molar-refractivity contribution in [2.75, 3.05) is 7.05 Å². The summed E-state index contributed by atoms with van der Waals surface area (Å²) in [5.41, 5.74) is 0.729. The molecule has 4 nitrogen and oxygen atoms in total. The van der Waals surface area contributed by atoms with Crippen molar-refractivity contribution < 1.29 is 0 Å².